The van der Waals surface area contributed by atoms with Gasteiger partial charge in [-0.05, 0) is 57.5 Å². The molecule has 34 heavy (non-hydrogen) atoms. The number of para-hydroxylation sites is 1. The van der Waals surface area contributed by atoms with Crippen molar-refractivity contribution in [1.29, 1.82) is 0 Å². The van der Waals surface area contributed by atoms with E-state index in [1.165, 1.54) is 0 Å². The minimum absolute atomic E-state index is 0.515. The van der Waals surface area contributed by atoms with Crippen LogP contribution in [0.3, 0.4) is 0 Å². The van der Waals surface area contributed by atoms with E-state index < -0.39 is 11.0 Å². The second-order valence-corrected chi connectivity index (χ2v) is 9.87. The lowest BCUT2D eigenvalue weighted by Gasteiger charge is -2.07. The van der Waals surface area contributed by atoms with Crippen molar-refractivity contribution in [3.8, 4) is 5.75 Å². The third-order valence-electron chi connectivity index (χ3n) is 4.59. The number of benzene rings is 1. The molecule has 2 rings (SSSR count). The molecule has 7 nitrogen and oxygen atoms in total. The SMILES string of the molecule is C=CC(=CC/C=C(\C)c1nnc(CSCCOc2ccccc2)o1)NS(=O)CCCNCCC. The number of hydrogen-bond donors (Lipinski definition) is 2. The molecule has 1 aromatic heterocycles. The Labute approximate surface area is 210 Å². The van der Waals surface area contributed by atoms with Crippen LogP contribution in [0.1, 0.15) is 44.9 Å². The van der Waals surface area contributed by atoms with Crippen molar-refractivity contribution in [2.45, 2.75) is 38.9 Å². The van der Waals surface area contributed by atoms with Gasteiger partial charge in [-0.15, -0.1) is 22.0 Å². The summed E-state index contributed by atoms with van der Waals surface area (Å²) in [6.45, 7) is 10.4. The van der Waals surface area contributed by atoms with Gasteiger partial charge in [0, 0.05) is 22.8 Å². The van der Waals surface area contributed by atoms with Gasteiger partial charge in [-0.1, -0.05) is 43.9 Å². The lowest BCUT2D eigenvalue weighted by molar-refractivity contribution is 0.344. The van der Waals surface area contributed by atoms with E-state index in [1.807, 2.05) is 49.4 Å². The van der Waals surface area contributed by atoms with Gasteiger partial charge >= 0.3 is 0 Å². The van der Waals surface area contributed by atoms with Crippen LogP contribution in [-0.4, -0.2) is 45.6 Å². The molecule has 0 aliphatic heterocycles. The lowest BCUT2D eigenvalue weighted by atomic mass is 10.2. The number of nitrogens with zero attached hydrogens (tertiary/aromatic N) is 2. The van der Waals surface area contributed by atoms with Crippen LogP contribution in [0, 0.1) is 0 Å². The fraction of sp³-hybridized carbons (Fsp3) is 0.440. The average Bonchev–Trinajstić information content (AvgIpc) is 3.33. The number of rotatable bonds is 18. The van der Waals surface area contributed by atoms with Gasteiger partial charge in [0.25, 0.3) is 0 Å². The summed E-state index contributed by atoms with van der Waals surface area (Å²) in [5, 5.41) is 11.6. The highest BCUT2D eigenvalue weighted by molar-refractivity contribution is 7.98. The minimum atomic E-state index is -1.12. The van der Waals surface area contributed by atoms with Gasteiger partial charge in [-0.25, -0.2) is 4.21 Å². The number of allylic oxidation sites excluding steroid dienone is 4. The molecule has 0 saturated carbocycles. The summed E-state index contributed by atoms with van der Waals surface area (Å²) in [4.78, 5) is 0. The molecule has 0 aliphatic carbocycles. The fourth-order valence-electron chi connectivity index (χ4n) is 2.80. The van der Waals surface area contributed by atoms with Crippen molar-refractivity contribution in [2.24, 2.45) is 0 Å². The summed E-state index contributed by atoms with van der Waals surface area (Å²) in [7, 11) is -1.12. The van der Waals surface area contributed by atoms with Crippen LogP contribution in [0.2, 0.25) is 0 Å². The quantitative estimate of drug-likeness (QED) is 0.221. The molecule has 0 saturated heterocycles. The zero-order valence-corrected chi connectivity index (χ0v) is 21.8. The van der Waals surface area contributed by atoms with Gasteiger partial charge in [0.05, 0.1) is 12.4 Å². The first-order valence-electron chi connectivity index (χ1n) is 11.6. The Morgan fingerprint density at radius 2 is 2.06 bits per heavy atom. The third kappa shape index (κ3) is 11.7. The average molecular weight is 505 g/mol. The maximum Gasteiger partial charge on any atom is 0.243 e. The highest BCUT2D eigenvalue weighted by atomic mass is 32.2. The van der Waals surface area contributed by atoms with Crippen molar-refractivity contribution in [3.05, 3.63) is 72.6 Å². The first kappa shape index (κ1) is 27.9. The molecule has 0 bridgehead atoms. The lowest BCUT2D eigenvalue weighted by Crippen LogP contribution is -2.22. The van der Waals surface area contributed by atoms with Gasteiger partial charge in [0.1, 0.15) is 16.7 Å². The van der Waals surface area contributed by atoms with Crippen LogP contribution < -0.4 is 14.8 Å². The maximum atomic E-state index is 12.2. The Kier molecular flexibility index (Phi) is 14.0. The van der Waals surface area contributed by atoms with Crippen LogP contribution in [0.4, 0.5) is 0 Å². The van der Waals surface area contributed by atoms with E-state index in [4.69, 9.17) is 9.15 Å². The normalized spacial score (nSPS) is 13.0. The number of aromatic nitrogens is 2. The Hall–Kier alpha value is -2.36. The molecule has 0 fully saturated rings. The summed E-state index contributed by atoms with van der Waals surface area (Å²) < 4.78 is 26.7. The zero-order chi connectivity index (χ0) is 24.4. The topological polar surface area (TPSA) is 89.3 Å². The molecule has 2 aromatic rings. The Bertz CT molecular complexity index is 929. The Morgan fingerprint density at radius 1 is 1.24 bits per heavy atom. The molecule has 1 aromatic carbocycles. The van der Waals surface area contributed by atoms with Gasteiger partial charge in [-0.3, -0.25) is 0 Å². The standard InChI is InChI=1S/C25H36N4O3S2/c1-4-15-26-16-10-19-34(30)29-22(5-2)12-9-11-21(3)25-28-27-24(32-25)20-33-18-17-31-23-13-7-6-8-14-23/h5-8,11-14,26,29H,2,4,9-10,15-20H2,1,3H3/b21-11+,22-12?. The predicted octanol–water partition coefficient (Wildman–Crippen LogP) is 4.89. The fourth-order valence-corrected chi connectivity index (χ4v) is 4.37. The van der Waals surface area contributed by atoms with E-state index in [9.17, 15) is 4.21 Å². The second kappa shape index (κ2) is 17.1. The minimum Gasteiger partial charge on any atom is -0.493 e. The molecule has 0 amide bonds. The summed E-state index contributed by atoms with van der Waals surface area (Å²) in [5.41, 5.74) is 1.66. The molecule has 0 spiro atoms. The molecule has 1 heterocycles. The van der Waals surface area contributed by atoms with E-state index >= 15 is 0 Å². The van der Waals surface area contributed by atoms with E-state index in [0.29, 0.717) is 36.3 Å². The molecule has 9 heteroatoms. The second-order valence-electron chi connectivity index (χ2n) is 7.46. The molecule has 0 radical (unpaired) electrons. The van der Waals surface area contributed by atoms with Crippen LogP contribution in [0.15, 0.2) is 65.3 Å². The Balaban J connectivity index is 1.69. The largest absolute Gasteiger partial charge is 0.493 e. The van der Waals surface area contributed by atoms with Crippen LogP contribution >= 0.6 is 11.8 Å². The van der Waals surface area contributed by atoms with Gasteiger partial charge in [0.2, 0.25) is 11.8 Å². The predicted molar refractivity (Wildman–Crippen MR) is 143 cm³/mol. The summed E-state index contributed by atoms with van der Waals surface area (Å²) in [6, 6.07) is 9.77. The van der Waals surface area contributed by atoms with E-state index in [-0.39, 0.29) is 0 Å². The highest BCUT2D eigenvalue weighted by Gasteiger charge is 2.08. The summed E-state index contributed by atoms with van der Waals surface area (Å²) >= 11 is 1.69. The number of hydrogen-bond acceptors (Lipinski definition) is 7. The van der Waals surface area contributed by atoms with Gasteiger partial charge in [0.15, 0.2) is 0 Å². The molecule has 2 N–H and O–H groups in total. The van der Waals surface area contributed by atoms with Crippen LogP contribution in [0.5, 0.6) is 5.75 Å². The third-order valence-corrected chi connectivity index (χ3v) is 6.62. The maximum absolute atomic E-state index is 12.2. The van der Waals surface area contributed by atoms with Crippen molar-refractivity contribution in [1.82, 2.24) is 20.2 Å². The van der Waals surface area contributed by atoms with E-state index in [1.54, 1.807) is 17.8 Å². The van der Waals surface area contributed by atoms with Crippen molar-refractivity contribution >= 4 is 28.3 Å². The summed E-state index contributed by atoms with van der Waals surface area (Å²) in [6.07, 6.45) is 8.23. The van der Waals surface area contributed by atoms with Gasteiger partial charge in [-0.2, -0.15) is 0 Å². The van der Waals surface area contributed by atoms with Crippen LogP contribution in [0.25, 0.3) is 5.57 Å². The molecule has 1 unspecified atom stereocenters. The molecule has 1 atom stereocenters. The smallest absolute Gasteiger partial charge is 0.243 e. The summed E-state index contributed by atoms with van der Waals surface area (Å²) in [5.74, 6) is 4.06. The number of nitrogens with one attached hydrogen (secondary N) is 2. The highest BCUT2D eigenvalue weighted by Crippen LogP contribution is 2.17. The van der Waals surface area contributed by atoms with E-state index in [0.717, 1.165) is 48.7 Å². The zero-order valence-electron chi connectivity index (χ0n) is 20.1. The first-order chi connectivity index (χ1) is 16.6. The number of thioether (sulfide) groups is 1. The monoisotopic (exact) mass is 504 g/mol. The van der Waals surface area contributed by atoms with Gasteiger partial charge < -0.3 is 19.2 Å². The molecular weight excluding hydrogens is 468 g/mol. The van der Waals surface area contributed by atoms with Crippen molar-refractivity contribution in [3.63, 3.8) is 0 Å². The van der Waals surface area contributed by atoms with E-state index in [2.05, 4.69) is 33.7 Å². The molecule has 0 aliphatic rings. The Morgan fingerprint density at radius 3 is 2.82 bits per heavy atom. The van der Waals surface area contributed by atoms with Crippen molar-refractivity contribution < 1.29 is 13.4 Å². The van der Waals surface area contributed by atoms with Crippen LogP contribution in [-0.2, 0) is 16.7 Å². The van der Waals surface area contributed by atoms with Crippen molar-refractivity contribution in [2.75, 3.05) is 31.2 Å². The molecular formula is C25H36N4O3S2. The first-order valence-corrected chi connectivity index (χ1v) is 14.0. The molecule has 186 valence electrons. The number of ether oxygens (including phenoxy) is 1.